The van der Waals surface area contributed by atoms with Gasteiger partial charge in [-0.25, -0.2) is 9.97 Å². The van der Waals surface area contributed by atoms with E-state index in [-0.39, 0.29) is 0 Å². The van der Waals surface area contributed by atoms with Gasteiger partial charge in [-0.1, -0.05) is 6.07 Å². The predicted octanol–water partition coefficient (Wildman–Crippen LogP) is 3.58. The van der Waals surface area contributed by atoms with Crippen LogP contribution in [0.4, 0.5) is 5.82 Å². The van der Waals surface area contributed by atoms with Crippen LogP contribution < -0.4 is 4.90 Å². The molecule has 0 N–H and O–H groups in total. The molecule has 1 fully saturated rings. The first-order valence-electron chi connectivity index (χ1n) is 8.27. The summed E-state index contributed by atoms with van der Waals surface area (Å²) in [5, 5.41) is 3.26. The highest BCUT2D eigenvalue weighted by atomic mass is 32.1. The van der Waals surface area contributed by atoms with Gasteiger partial charge in [0, 0.05) is 25.5 Å². The number of rotatable bonds is 4. The molecule has 0 bridgehead atoms. The van der Waals surface area contributed by atoms with Gasteiger partial charge in [0.1, 0.15) is 16.5 Å². The summed E-state index contributed by atoms with van der Waals surface area (Å²) in [5.41, 5.74) is 1.13. The average Bonchev–Trinajstić information content (AvgIpc) is 3.09. The molecule has 1 aliphatic heterocycles. The molecule has 0 spiro atoms. The fourth-order valence-electron chi connectivity index (χ4n) is 3.12. The molecule has 1 saturated heterocycles. The first-order chi connectivity index (χ1) is 11.8. The van der Waals surface area contributed by atoms with Crippen molar-refractivity contribution in [1.82, 2.24) is 15.0 Å². The smallest absolute Gasteiger partial charge is 0.141 e. The minimum atomic E-state index is 0.308. The van der Waals surface area contributed by atoms with E-state index in [0.29, 0.717) is 12.7 Å². The van der Waals surface area contributed by atoms with Crippen LogP contribution in [-0.4, -0.2) is 34.1 Å². The molecular weight excluding hydrogens is 320 g/mol. The van der Waals surface area contributed by atoms with Crippen molar-refractivity contribution in [3.8, 4) is 0 Å². The number of hydrogen-bond donors (Lipinski definition) is 0. The Morgan fingerprint density at radius 3 is 2.92 bits per heavy atom. The van der Waals surface area contributed by atoms with E-state index < -0.39 is 0 Å². The minimum Gasteiger partial charge on any atom is -0.373 e. The van der Waals surface area contributed by atoms with Gasteiger partial charge < -0.3 is 9.64 Å². The number of pyridine rings is 1. The zero-order valence-electron chi connectivity index (χ0n) is 13.7. The van der Waals surface area contributed by atoms with Crippen LogP contribution in [-0.2, 0) is 11.3 Å². The highest BCUT2D eigenvalue weighted by Crippen LogP contribution is 2.30. The summed E-state index contributed by atoms with van der Waals surface area (Å²) in [6.45, 7) is 4.55. The second kappa shape index (κ2) is 6.83. The molecule has 4 rings (SSSR count). The van der Waals surface area contributed by atoms with Gasteiger partial charge >= 0.3 is 0 Å². The molecule has 0 unspecified atom stereocenters. The number of fused-ring (bicyclic) bond motifs is 1. The lowest BCUT2D eigenvalue weighted by Gasteiger charge is -2.33. The maximum Gasteiger partial charge on any atom is 0.141 e. The molecule has 0 aromatic carbocycles. The number of nitrogens with zero attached hydrogens (tertiary/aromatic N) is 4. The Morgan fingerprint density at radius 2 is 2.12 bits per heavy atom. The third-order valence-corrected chi connectivity index (χ3v) is 5.17. The molecule has 124 valence electrons. The van der Waals surface area contributed by atoms with Crippen molar-refractivity contribution in [2.24, 2.45) is 0 Å². The summed E-state index contributed by atoms with van der Waals surface area (Å²) < 4.78 is 6.05. The van der Waals surface area contributed by atoms with E-state index in [1.165, 1.54) is 5.39 Å². The number of aromatic nitrogens is 3. The number of thiophene rings is 1. The molecule has 0 aliphatic carbocycles. The predicted molar refractivity (Wildman–Crippen MR) is 96.4 cm³/mol. The van der Waals surface area contributed by atoms with Crippen LogP contribution in [0, 0.1) is 6.92 Å². The highest BCUT2D eigenvalue weighted by molar-refractivity contribution is 7.16. The fourth-order valence-corrected chi connectivity index (χ4v) is 3.92. The maximum atomic E-state index is 6.05. The Labute approximate surface area is 145 Å². The van der Waals surface area contributed by atoms with E-state index in [1.54, 1.807) is 17.5 Å². The molecule has 4 heterocycles. The molecule has 3 aromatic rings. The molecule has 0 saturated carbocycles. The number of anilines is 1. The topological polar surface area (TPSA) is 51.1 Å². The first-order valence-corrected chi connectivity index (χ1v) is 9.15. The third-order valence-electron chi connectivity index (χ3n) is 4.37. The van der Waals surface area contributed by atoms with Crippen LogP contribution in [0.5, 0.6) is 0 Å². The van der Waals surface area contributed by atoms with Gasteiger partial charge in [-0.2, -0.15) is 0 Å². The maximum absolute atomic E-state index is 6.05. The molecule has 24 heavy (non-hydrogen) atoms. The van der Waals surface area contributed by atoms with Gasteiger partial charge in [0.05, 0.1) is 18.1 Å². The van der Waals surface area contributed by atoms with Gasteiger partial charge in [-0.15, -0.1) is 11.3 Å². The lowest BCUT2D eigenvalue weighted by Crippen LogP contribution is -2.37. The van der Waals surface area contributed by atoms with Crippen LogP contribution in [0.1, 0.15) is 24.2 Å². The van der Waals surface area contributed by atoms with E-state index in [0.717, 1.165) is 48.0 Å². The Kier molecular flexibility index (Phi) is 4.40. The van der Waals surface area contributed by atoms with Crippen molar-refractivity contribution >= 4 is 27.4 Å². The lowest BCUT2D eigenvalue weighted by atomic mass is 10.1. The van der Waals surface area contributed by atoms with Gasteiger partial charge in [0.2, 0.25) is 0 Å². The molecule has 3 aromatic heterocycles. The number of aryl methyl sites for hydroxylation is 1. The van der Waals surface area contributed by atoms with Gasteiger partial charge in [0.15, 0.2) is 0 Å². The molecular formula is C18H20N4OS. The zero-order valence-corrected chi connectivity index (χ0v) is 14.5. The third kappa shape index (κ3) is 3.25. The Morgan fingerprint density at radius 1 is 1.25 bits per heavy atom. The monoisotopic (exact) mass is 340 g/mol. The van der Waals surface area contributed by atoms with Gasteiger partial charge in [-0.3, -0.25) is 4.98 Å². The summed E-state index contributed by atoms with van der Waals surface area (Å²) in [5.74, 6) is 1.92. The fraction of sp³-hybridized carbons (Fsp3) is 0.389. The SMILES string of the molecule is Cc1nc(N2CCC(OCc3cccnc3)CC2)c2ccsc2n1. The van der Waals surface area contributed by atoms with Gasteiger partial charge in [-0.05, 0) is 42.8 Å². The Hall–Kier alpha value is -2.05. The van der Waals surface area contributed by atoms with Crippen molar-refractivity contribution in [2.75, 3.05) is 18.0 Å². The second-order valence-corrected chi connectivity index (χ2v) is 6.99. The van der Waals surface area contributed by atoms with Crippen LogP contribution in [0.2, 0.25) is 0 Å². The normalized spacial score (nSPS) is 16.0. The van der Waals surface area contributed by atoms with E-state index in [9.17, 15) is 0 Å². The van der Waals surface area contributed by atoms with Crippen molar-refractivity contribution < 1.29 is 4.74 Å². The zero-order chi connectivity index (χ0) is 16.4. The van der Waals surface area contributed by atoms with E-state index in [2.05, 4.69) is 37.4 Å². The molecule has 0 radical (unpaired) electrons. The summed E-state index contributed by atoms with van der Waals surface area (Å²) in [4.78, 5) is 16.8. The molecule has 5 nitrogen and oxygen atoms in total. The van der Waals surface area contributed by atoms with Crippen LogP contribution >= 0.6 is 11.3 Å². The molecule has 1 aliphatic rings. The largest absolute Gasteiger partial charge is 0.373 e. The van der Waals surface area contributed by atoms with Crippen LogP contribution in [0.3, 0.4) is 0 Å². The van der Waals surface area contributed by atoms with Crippen LogP contribution in [0.15, 0.2) is 36.0 Å². The number of hydrogen-bond acceptors (Lipinski definition) is 6. The first kappa shape index (κ1) is 15.5. The summed E-state index contributed by atoms with van der Waals surface area (Å²) >= 11 is 1.68. The van der Waals surface area contributed by atoms with Crippen LogP contribution in [0.25, 0.3) is 10.2 Å². The van der Waals surface area contributed by atoms with Crippen molar-refractivity contribution in [2.45, 2.75) is 32.5 Å². The summed E-state index contributed by atoms with van der Waals surface area (Å²) in [6.07, 6.45) is 6.01. The molecule has 0 amide bonds. The highest BCUT2D eigenvalue weighted by Gasteiger charge is 2.22. The van der Waals surface area contributed by atoms with Crippen molar-refractivity contribution in [3.63, 3.8) is 0 Å². The Bertz CT molecular complexity index is 812. The number of ether oxygens (including phenoxy) is 1. The number of piperidine rings is 1. The molecule has 6 heteroatoms. The molecule has 0 atom stereocenters. The summed E-state index contributed by atoms with van der Waals surface area (Å²) in [7, 11) is 0. The van der Waals surface area contributed by atoms with Crippen molar-refractivity contribution in [3.05, 3.63) is 47.4 Å². The average molecular weight is 340 g/mol. The quantitative estimate of drug-likeness (QED) is 0.726. The standard InChI is InChI=1S/C18H20N4OS/c1-13-20-17(16-6-10-24-18(16)21-13)22-8-4-15(5-9-22)23-12-14-3-2-7-19-11-14/h2-3,6-7,10-11,15H,4-5,8-9,12H2,1H3. The minimum absolute atomic E-state index is 0.308. The van der Waals surface area contributed by atoms with E-state index in [4.69, 9.17) is 4.74 Å². The second-order valence-electron chi connectivity index (χ2n) is 6.09. The van der Waals surface area contributed by atoms with E-state index in [1.807, 2.05) is 19.2 Å². The Balaban J connectivity index is 1.39. The van der Waals surface area contributed by atoms with Gasteiger partial charge in [0.25, 0.3) is 0 Å². The summed E-state index contributed by atoms with van der Waals surface area (Å²) in [6, 6.07) is 6.13. The van der Waals surface area contributed by atoms with E-state index >= 15 is 0 Å². The lowest BCUT2D eigenvalue weighted by molar-refractivity contribution is 0.0249. The van der Waals surface area contributed by atoms with Crippen molar-refractivity contribution in [1.29, 1.82) is 0 Å².